The second-order valence-electron chi connectivity index (χ2n) is 5.80. The smallest absolute Gasteiger partial charge is 0.350 e. The molecule has 1 N–H and O–H groups in total. The second-order valence-corrected chi connectivity index (χ2v) is 5.80. The summed E-state index contributed by atoms with van der Waals surface area (Å²) in [7, 11) is 3.67. The average Bonchev–Trinajstić information content (AvgIpc) is 3.06. The molecular formula is C19H18N4O3. The van der Waals surface area contributed by atoms with Crippen LogP contribution in [0.25, 0.3) is 28.0 Å². The summed E-state index contributed by atoms with van der Waals surface area (Å²) in [6.45, 7) is 1.87. The first-order valence-corrected chi connectivity index (χ1v) is 8.09. The minimum atomic E-state index is -0.692. The van der Waals surface area contributed by atoms with Crippen molar-refractivity contribution in [1.82, 2.24) is 15.0 Å². The maximum atomic E-state index is 12.2. The van der Waals surface area contributed by atoms with Crippen LogP contribution in [0.15, 0.2) is 36.7 Å². The Hall–Kier alpha value is -3.44. The minimum absolute atomic E-state index is 0.134. The molecule has 3 rings (SSSR count). The summed E-state index contributed by atoms with van der Waals surface area (Å²) in [5.41, 5.74) is 4.02. The monoisotopic (exact) mass is 350 g/mol. The Labute approximate surface area is 150 Å². The zero-order chi connectivity index (χ0) is 18.7. The molecule has 132 valence electrons. The Kier molecular flexibility index (Phi) is 4.82. The Morgan fingerprint density at radius 3 is 2.65 bits per heavy atom. The standard InChI is InChI=1S/C19H18N4O3/c1-4-26-19(25)14(11-24)13-9-12(5-6-17(13)23(2)3)15-10-16-18(22-15)21-8-7-20-16/h5-10H,4H2,1-3H3,(H,21,22). The van der Waals surface area contributed by atoms with Crippen molar-refractivity contribution in [2.24, 2.45) is 0 Å². The van der Waals surface area contributed by atoms with Gasteiger partial charge in [-0.3, -0.25) is 4.98 Å². The lowest BCUT2D eigenvalue weighted by Gasteiger charge is -2.18. The van der Waals surface area contributed by atoms with Crippen LogP contribution in [-0.2, 0) is 14.3 Å². The largest absolute Gasteiger partial charge is 0.462 e. The average molecular weight is 350 g/mol. The first kappa shape index (κ1) is 17.4. The number of rotatable bonds is 5. The molecule has 0 amide bonds. The lowest BCUT2D eigenvalue weighted by Crippen LogP contribution is -2.14. The van der Waals surface area contributed by atoms with Crippen molar-refractivity contribution < 1.29 is 14.3 Å². The molecule has 1 aromatic carbocycles. The molecule has 7 heteroatoms. The number of aromatic nitrogens is 3. The third-order valence-electron chi connectivity index (χ3n) is 3.90. The third-order valence-corrected chi connectivity index (χ3v) is 3.90. The zero-order valence-electron chi connectivity index (χ0n) is 14.7. The summed E-state index contributed by atoms with van der Waals surface area (Å²) in [5, 5.41) is 0. The van der Waals surface area contributed by atoms with Crippen LogP contribution in [0.3, 0.4) is 0 Å². The van der Waals surface area contributed by atoms with Gasteiger partial charge in [0.15, 0.2) is 11.2 Å². The molecule has 0 unspecified atom stereocenters. The predicted octanol–water partition coefficient (Wildman–Crippen LogP) is 2.47. The molecule has 0 atom stereocenters. The summed E-state index contributed by atoms with van der Waals surface area (Å²) in [6.07, 6.45) is 3.23. The lowest BCUT2D eigenvalue weighted by molar-refractivity contribution is -0.135. The van der Waals surface area contributed by atoms with Gasteiger partial charge in [-0.05, 0) is 30.7 Å². The van der Waals surface area contributed by atoms with Crippen LogP contribution >= 0.6 is 0 Å². The van der Waals surface area contributed by atoms with E-state index in [1.165, 1.54) is 0 Å². The number of anilines is 1. The van der Waals surface area contributed by atoms with Gasteiger partial charge in [-0.25, -0.2) is 14.6 Å². The van der Waals surface area contributed by atoms with Gasteiger partial charge in [0, 0.05) is 43.4 Å². The van der Waals surface area contributed by atoms with E-state index in [0.717, 1.165) is 16.8 Å². The molecule has 0 aliphatic rings. The van der Waals surface area contributed by atoms with Gasteiger partial charge in [-0.15, -0.1) is 0 Å². The molecule has 2 aromatic heterocycles. The van der Waals surface area contributed by atoms with E-state index in [4.69, 9.17) is 4.74 Å². The Bertz CT molecular complexity index is 984. The van der Waals surface area contributed by atoms with Crippen LogP contribution < -0.4 is 4.90 Å². The molecule has 0 aliphatic carbocycles. The number of hydrogen-bond acceptors (Lipinski definition) is 6. The SMILES string of the molecule is CCOC(=O)C(=C=O)c1cc(-c2cc3nccnc3[nH]2)ccc1N(C)C. The van der Waals surface area contributed by atoms with Crippen molar-refractivity contribution in [2.75, 3.05) is 25.6 Å². The number of ether oxygens (including phenoxy) is 1. The Morgan fingerprint density at radius 2 is 2.00 bits per heavy atom. The molecule has 0 saturated heterocycles. The van der Waals surface area contributed by atoms with Gasteiger partial charge in [-0.2, -0.15) is 0 Å². The first-order chi connectivity index (χ1) is 12.5. The number of benzene rings is 1. The quantitative estimate of drug-likeness (QED) is 0.432. The highest BCUT2D eigenvalue weighted by molar-refractivity contribution is 6.26. The lowest BCUT2D eigenvalue weighted by atomic mass is 10.00. The number of nitrogens with one attached hydrogen (secondary N) is 1. The molecule has 0 saturated carbocycles. The molecule has 3 aromatic rings. The molecule has 0 radical (unpaired) electrons. The fourth-order valence-electron chi connectivity index (χ4n) is 2.71. The van der Waals surface area contributed by atoms with Crippen molar-refractivity contribution >= 4 is 34.3 Å². The van der Waals surface area contributed by atoms with E-state index in [2.05, 4.69) is 15.0 Å². The molecule has 0 aliphatic heterocycles. The number of aromatic amines is 1. The molecular weight excluding hydrogens is 332 g/mol. The van der Waals surface area contributed by atoms with Gasteiger partial charge in [0.25, 0.3) is 0 Å². The van der Waals surface area contributed by atoms with E-state index in [1.54, 1.807) is 31.3 Å². The summed E-state index contributed by atoms with van der Waals surface area (Å²) >= 11 is 0. The topological polar surface area (TPSA) is 88.2 Å². The molecule has 26 heavy (non-hydrogen) atoms. The van der Waals surface area contributed by atoms with Crippen LogP contribution in [0.5, 0.6) is 0 Å². The first-order valence-electron chi connectivity index (χ1n) is 8.09. The fourth-order valence-corrected chi connectivity index (χ4v) is 2.71. The maximum absolute atomic E-state index is 12.2. The van der Waals surface area contributed by atoms with Gasteiger partial charge in [0.2, 0.25) is 0 Å². The predicted molar refractivity (Wildman–Crippen MR) is 99.4 cm³/mol. The van der Waals surface area contributed by atoms with Gasteiger partial charge in [0.05, 0.1) is 6.61 Å². The van der Waals surface area contributed by atoms with Crippen molar-refractivity contribution in [3.05, 3.63) is 42.2 Å². The highest BCUT2D eigenvalue weighted by Gasteiger charge is 2.20. The summed E-state index contributed by atoms with van der Waals surface area (Å²) in [4.78, 5) is 37.1. The number of hydrogen-bond donors (Lipinski definition) is 1. The summed E-state index contributed by atoms with van der Waals surface area (Å²) < 4.78 is 4.99. The third kappa shape index (κ3) is 3.20. The molecule has 0 fully saturated rings. The van der Waals surface area contributed by atoms with E-state index in [0.29, 0.717) is 16.9 Å². The van der Waals surface area contributed by atoms with E-state index in [9.17, 15) is 9.59 Å². The van der Waals surface area contributed by atoms with Crippen LogP contribution in [0, 0.1) is 0 Å². The normalized spacial score (nSPS) is 10.4. The van der Waals surface area contributed by atoms with Crippen molar-refractivity contribution in [1.29, 1.82) is 0 Å². The minimum Gasteiger partial charge on any atom is -0.462 e. The second kappa shape index (κ2) is 7.21. The highest BCUT2D eigenvalue weighted by Crippen LogP contribution is 2.31. The molecule has 0 spiro atoms. The van der Waals surface area contributed by atoms with Gasteiger partial charge in [0.1, 0.15) is 11.5 Å². The highest BCUT2D eigenvalue weighted by atomic mass is 16.5. The Morgan fingerprint density at radius 1 is 1.23 bits per heavy atom. The van der Waals surface area contributed by atoms with Crippen molar-refractivity contribution in [3.63, 3.8) is 0 Å². The Balaban J connectivity index is 2.14. The molecule has 0 bridgehead atoms. The van der Waals surface area contributed by atoms with Crippen molar-refractivity contribution in [3.8, 4) is 11.3 Å². The molecule has 2 heterocycles. The summed E-state index contributed by atoms with van der Waals surface area (Å²) in [6, 6.07) is 7.37. The van der Waals surface area contributed by atoms with Crippen LogP contribution in [0.4, 0.5) is 5.69 Å². The number of carbonyl (C=O) groups excluding carboxylic acids is 2. The van der Waals surface area contributed by atoms with E-state index >= 15 is 0 Å². The van der Waals surface area contributed by atoms with E-state index in [1.807, 2.05) is 37.2 Å². The van der Waals surface area contributed by atoms with Crippen molar-refractivity contribution in [2.45, 2.75) is 6.92 Å². The van der Waals surface area contributed by atoms with Crippen LogP contribution in [-0.4, -0.2) is 47.6 Å². The number of fused-ring (bicyclic) bond motifs is 1. The summed E-state index contributed by atoms with van der Waals surface area (Å²) in [5.74, 6) is 1.04. The zero-order valence-corrected chi connectivity index (χ0v) is 14.7. The fraction of sp³-hybridized carbons (Fsp3) is 0.211. The van der Waals surface area contributed by atoms with Gasteiger partial charge < -0.3 is 14.6 Å². The van der Waals surface area contributed by atoms with Crippen LogP contribution in [0.1, 0.15) is 12.5 Å². The molecule has 7 nitrogen and oxygen atoms in total. The maximum Gasteiger partial charge on any atom is 0.350 e. The van der Waals surface area contributed by atoms with Gasteiger partial charge >= 0.3 is 5.97 Å². The van der Waals surface area contributed by atoms with Gasteiger partial charge in [-0.1, -0.05) is 6.07 Å². The number of esters is 1. The van der Waals surface area contributed by atoms with E-state index in [-0.39, 0.29) is 12.2 Å². The van der Waals surface area contributed by atoms with E-state index < -0.39 is 5.97 Å². The number of carbonyl (C=O) groups is 1. The number of H-pyrrole nitrogens is 1. The van der Waals surface area contributed by atoms with Crippen LogP contribution in [0.2, 0.25) is 0 Å². The number of nitrogens with zero attached hydrogens (tertiary/aromatic N) is 3.